The van der Waals surface area contributed by atoms with Crippen LogP contribution in [0.1, 0.15) is 26.2 Å². The van der Waals surface area contributed by atoms with Gasteiger partial charge in [-0.15, -0.1) is 0 Å². The van der Waals surface area contributed by atoms with Crippen LogP contribution in [0.4, 0.5) is 0 Å². The molecule has 15 heavy (non-hydrogen) atoms. The molecule has 1 fully saturated rings. The first-order chi connectivity index (χ1) is 7.34. The summed E-state index contributed by atoms with van der Waals surface area (Å²) in [5, 5.41) is 12.7. The summed E-state index contributed by atoms with van der Waals surface area (Å²) in [6.45, 7) is 5.80. The lowest BCUT2D eigenvalue weighted by Crippen LogP contribution is -2.39. The Morgan fingerprint density at radius 1 is 1.33 bits per heavy atom. The Bertz CT molecular complexity index is 155. The van der Waals surface area contributed by atoms with Crippen LogP contribution in [0.25, 0.3) is 0 Å². The smallest absolute Gasteiger partial charge is 0.0948 e. The van der Waals surface area contributed by atoms with Crippen LogP contribution in [-0.2, 0) is 9.47 Å². The van der Waals surface area contributed by atoms with E-state index in [1.54, 1.807) is 0 Å². The van der Waals surface area contributed by atoms with Gasteiger partial charge < -0.3 is 19.9 Å². The lowest BCUT2D eigenvalue weighted by atomic mass is 10.2. The quantitative estimate of drug-likeness (QED) is 0.583. The molecule has 2 unspecified atom stereocenters. The van der Waals surface area contributed by atoms with Gasteiger partial charge in [-0.2, -0.15) is 0 Å². The predicted octanol–water partition coefficient (Wildman–Crippen LogP) is 0.542. The summed E-state index contributed by atoms with van der Waals surface area (Å²) in [6.07, 6.45) is 2.98. The molecule has 0 aliphatic carbocycles. The molecule has 1 aliphatic rings. The minimum atomic E-state index is -0.342. The zero-order valence-corrected chi connectivity index (χ0v) is 9.58. The second-order valence-corrected chi connectivity index (χ2v) is 3.98. The fraction of sp³-hybridized carbons (Fsp3) is 1.00. The third-order valence-electron chi connectivity index (χ3n) is 2.56. The molecular weight excluding hydrogens is 194 g/mol. The molecule has 2 N–H and O–H groups in total. The molecule has 90 valence electrons. The lowest BCUT2D eigenvalue weighted by molar-refractivity contribution is 0.118. The van der Waals surface area contributed by atoms with Crippen molar-refractivity contribution in [2.45, 2.75) is 38.3 Å². The largest absolute Gasteiger partial charge is 0.389 e. The van der Waals surface area contributed by atoms with E-state index in [0.717, 1.165) is 32.6 Å². The molecule has 1 rings (SSSR count). The molecule has 0 spiro atoms. The Balaban J connectivity index is 1.84. The number of aliphatic hydroxyl groups excluding tert-OH is 1. The molecule has 4 nitrogen and oxygen atoms in total. The lowest BCUT2D eigenvalue weighted by Gasteiger charge is -2.14. The molecule has 1 heterocycles. The molecule has 0 aromatic heterocycles. The fourth-order valence-corrected chi connectivity index (χ4v) is 1.55. The molecule has 1 saturated heterocycles. The summed E-state index contributed by atoms with van der Waals surface area (Å²) in [4.78, 5) is 0. The maximum Gasteiger partial charge on any atom is 0.0948 e. The van der Waals surface area contributed by atoms with Crippen molar-refractivity contribution in [2.24, 2.45) is 0 Å². The van der Waals surface area contributed by atoms with E-state index in [2.05, 4.69) is 12.2 Å². The van der Waals surface area contributed by atoms with Gasteiger partial charge in [0.1, 0.15) is 0 Å². The van der Waals surface area contributed by atoms with E-state index in [1.165, 1.54) is 6.42 Å². The van der Waals surface area contributed by atoms with Crippen molar-refractivity contribution in [3.63, 3.8) is 0 Å². The molecule has 2 atom stereocenters. The predicted molar refractivity (Wildman–Crippen MR) is 59.0 cm³/mol. The number of unbranched alkanes of at least 4 members (excludes halogenated alkanes) is 1. The fourth-order valence-electron chi connectivity index (χ4n) is 1.55. The minimum absolute atomic E-state index is 0.112. The highest BCUT2D eigenvalue weighted by Crippen LogP contribution is 2.04. The zero-order chi connectivity index (χ0) is 10.9. The summed E-state index contributed by atoms with van der Waals surface area (Å²) in [5.41, 5.74) is 0. The first-order valence-electron chi connectivity index (χ1n) is 5.91. The highest BCUT2D eigenvalue weighted by atomic mass is 16.5. The van der Waals surface area contributed by atoms with Crippen LogP contribution in [0.5, 0.6) is 0 Å². The number of nitrogens with one attached hydrogen (secondary N) is 1. The summed E-state index contributed by atoms with van der Waals surface area (Å²) in [6, 6.07) is 0.112. The minimum Gasteiger partial charge on any atom is -0.389 e. The SMILES string of the molecule is CCCCOCCCNC1COCC1O. The van der Waals surface area contributed by atoms with E-state index in [0.29, 0.717) is 13.2 Å². The first kappa shape index (κ1) is 12.9. The van der Waals surface area contributed by atoms with Gasteiger partial charge in [-0.25, -0.2) is 0 Å². The van der Waals surface area contributed by atoms with Crippen LogP contribution >= 0.6 is 0 Å². The standard InChI is InChI=1S/C11H23NO3/c1-2-3-6-14-7-4-5-12-10-8-15-9-11(10)13/h10-13H,2-9H2,1H3. The molecule has 0 bridgehead atoms. The Morgan fingerprint density at radius 2 is 2.13 bits per heavy atom. The van der Waals surface area contributed by atoms with Gasteiger partial charge in [0.25, 0.3) is 0 Å². The third kappa shape index (κ3) is 5.47. The molecule has 0 saturated carbocycles. The third-order valence-corrected chi connectivity index (χ3v) is 2.56. The van der Waals surface area contributed by atoms with Crippen molar-refractivity contribution >= 4 is 0 Å². The van der Waals surface area contributed by atoms with Crippen molar-refractivity contribution in [2.75, 3.05) is 33.0 Å². The summed E-state index contributed by atoms with van der Waals surface area (Å²) in [7, 11) is 0. The van der Waals surface area contributed by atoms with Gasteiger partial charge in [0.15, 0.2) is 0 Å². The van der Waals surface area contributed by atoms with Crippen LogP contribution < -0.4 is 5.32 Å². The van der Waals surface area contributed by atoms with E-state index in [4.69, 9.17) is 9.47 Å². The van der Waals surface area contributed by atoms with Crippen molar-refractivity contribution in [1.29, 1.82) is 0 Å². The van der Waals surface area contributed by atoms with Crippen molar-refractivity contribution < 1.29 is 14.6 Å². The van der Waals surface area contributed by atoms with E-state index in [9.17, 15) is 5.11 Å². The highest BCUT2D eigenvalue weighted by molar-refractivity contribution is 4.80. The monoisotopic (exact) mass is 217 g/mol. The van der Waals surface area contributed by atoms with E-state index in [1.807, 2.05) is 0 Å². The van der Waals surface area contributed by atoms with Crippen LogP contribution in [0.3, 0.4) is 0 Å². The Hall–Kier alpha value is -0.160. The number of aliphatic hydroxyl groups is 1. The van der Waals surface area contributed by atoms with Gasteiger partial charge in [-0.05, 0) is 19.4 Å². The number of hydrogen-bond acceptors (Lipinski definition) is 4. The van der Waals surface area contributed by atoms with Gasteiger partial charge in [-0.1, -0.05) is 13.3 Å². The van der Waals surface area contributed by atoms with E-state index < -0.39 is 0 Å². The van der Waals surface area contributed by atoms with Crippen molar-refractivity contribution in [3.8, 4) is 0 Å². The van der Waals surface area contributed by atoms with Gasteiger partial charge >= 0.3 is 0 Å². The van der Waals surface area contributed by atoms with Gasteiger partial charge in [0.2, 0.25) is 0 Å². The maximum absolute atomic E-state index is 9.44. The van der Waals surface area contributed by atoms with Gasteiger partial charge in [0, 0.05) is 13.2 Å². The van der Waals surface area contributed by atoms with Gasteiger partial charge in [-0.3, -0.25) is 0 Å². The molecule has 1 aliphatic heterocycles. The zero-order valence-electron chi connectivity index (χ0n) is 9.58. The summed E-state index contributed by atoms with van der Waals surface area (Å²) in [5.74, 6) is 0. The highest BCUT2D eigenvalue weighted by Gasteiger charge is 2.24. The number of rotatable bonds is 8. The molecular formula is C11H23NO3. The first-order valence-corrected chi connectivity index (χ1v) is 5.91. The van der Waals surface area contributed by atoms with Crippen molar-refractivity contribution in [1.82, 2.24) is 5.32 Å². The molecule has 0 aromatic carbocycles. The van der Waals surface area contributed by atoms with Crippen LogP contribution in [0.15, 0.2) is 0 Å². The summed E-state index contributed by atoms with van der Waals surface area (Å²) >= 11 is 0. The maximum atomic E-state index is 9.44. The van der Waals surface area contributed by atoms with Crippen LogP contribution in [-0.4, -0.2) is 50.2 Å². The van der Waals surface area contributed by atoms with E-state index in [-0.39, 0.29) is 12.1 Å². The van der Waals surface area contributed by atoms with Crippen molar-refractivity contribution in [3.05, 3.63) is 0 Å². The van der Waals surface area contributed by atoms with E-state index >= 15 is 0 Å². The number of hydrogen-bond donors (Lipinski definition) is 2. The second kappa shape index (κ2) is 8.05. The molecule has 4 heteroatoms. The Labute approximate surface area is 92.0 Å². The molecule has 0 radical (unpaired) electrons. The Morgan fingerprint density at radius 3 is 2.80 bits per heavy atom. The molecule has 0 aromatic rings. The summed E-state index contributed by atoms with van der Waals surface area (Å²) < 4.78 is 10.6. The van der Waals surface area contributed by atoms with Crippen LogP contribution in [0.2, 0.25) is 0 Å². The molecule has 0 amide bonds. The Kier molecular flexibility index (Phi) is 6.92. The topological polar surface area (TPSA) is 50.7 Å². The second-order valence-electron chi connectivity index (χ2n) is 3.98. The average Bonchev–Trinajstić information content (AvgIpc) is 2.63. The number of ether oxygens (including phenoxy) is 2. The van der Waals surface area contributed by atoms with Gasteiger partial charge in [0.05, 0.1) is 25.4 Å². The van der Waals surface area contributed by atoms with Crippen LogP contribution in [0, 0.1) is 0 Å². The normalized spacial score (nSPS) is 26.0. The average molecular weight is 217 g/mol.